The quantitative estimate of drug-likeness (QED) is 0.182. The first-order valence-electron chi connectivity index (χ1n) is 19.0. The lowest BCUT2D eigenvalue weighted by atomic mass is 9.95. The van der Waals surface area contributed by atoms with Crippen LogP contribution in [0.5, 0.6) is 0 Å². The smallest absolute Gasteiger partial charge is 0.161 e. The number of furan rings is 1. The predicted molar refractivity (Wildman–Crippen MR) is 232 cm³/mol. The Morgan fingerprint density at radius 2 is 1.14 bits per heavy atom. The summed E-state index contributed by atoms with van der Waals surface area (Å²) in [5, 5.41) is 10.4. The Morgan fingerprint density at radius 1 is 0.411 bits per heavy atom. The van der Waals surface area contributed by atoms with Crippen molar-refractivity contribution in [3.63, 3.8) is 0 Å². The molecule has 0 radical (unpaired) electrons. The lowest BCUT2D eigenvalue weighted by Crippen LogP contribution is -1.97. The van der Waals surface area contributed by atoms with Gasteiger partial charge in [0, 0.05) is 48.8 Å². The van der Waals surface area contributed by atoms with Crippen molar-refractivity contribution in [3.05, 3.63) is 188 Å². The van der Waals surface area contributed by atoms with Crippen LogP contribution in [0.1, 0.15) is 0 Å². The molecule has 9 aromatic carbocycles. The fourth-order valence-electron chi connectivity index (χ4n) is 8.90. The number of aromatic nitrogens is 3. The molecule has 12 aromatic rings. The van der Waals surface area contributed by atoms with Gasteiger partial charge in [-0.1, -0.05) is 152 Å². The van der Waals surface area contributed by atoms with Crippen LogP contribution < -0.4 is 0 Å². The molecule has 0 unspecified atom stereocenters. The molecule has 0 atom stereocenters. The molecule has 0 fully saturated rings. The highest BCUT2D eigenvalue weighted by Gasteiger charge is 2.20. The number of hydrogen-bond donors (Lipinski definition) is 0. The molecule has 4 nitrogen and oxygen atoms in total. The molecular formula is C52H31N3O. The molecule has 0 aliphatic heterocycles. The molecule has 0 aliphatic carbocycles. The fraction of sp³-hybridized carbons (Fsp3) is 0. The van der Waals surface area contributed by atoms with Gasteiger partial charge < -0.3 is 8.98 Å². The minimum Gasteiger partial charge on any atom is -0.456 e. The van der Waals surface area contributed by atoms with Crippen molar-refractivity contribution in [1.29, 1.82) is 0 Å². The molecule has 4 heteroatoms. The number of para-hydroxylation sites is 2. The van der Waals surface area contributed by atoms with E-state index in [1.54, 1.807) is 0 Å². The summed E-state index contributed by atoms with van der Waals surface area (Å²) >= 11 is 0. The Hall–Kier alpha value is -7.56. The molecule has 260 valence electrons. The van der Waals surface area contributed by atoms with Gasteiger partial charge in [-0.2, -0.15) is 0 Å². The monoisotopic (exact) mass is 713 g/mol. The number of rotatable bonds is 4. The summed E-state index contributed by atoms with van der Waals surface area (Å²) in [6.07, 6.45) is 0. The van der Waals surface area contributed by atoms with Crippen molar-refractivity contribution in [2.45, 2.75) is 0 Å². The Morgan fingerprint density at radius 3 is 2.04 bits per heavy atom. The van der Waals surface area contributed by atoms with E-state index in [0.717, 1.165) is 66.5 Å². The van der Waals surface area contributed by atoms with Crippen molar-refractivity contribution in [3.8, 4) is 39.5 Å². The minimum atomic E-state index is 0.680. The van der Waals surface area contributed by atoms with Gasteiger partial charge in [0.2, 0.25) is 0 Å². The van der Waals surface area contributed by atoms with Gasteiger partial charge in [0.05, 0.1) is 27.9 Å². The van der Waals surface area contributed by atoms with Crippen LogP contribution in [0.15, 0.2) is 192 Å². The van der Waals surface area contributed by atoms with E-state index >= 15 is 0 Å². The third-order valence-corrected chi connectivity index (χ3v) is 11.4. The molecule has 0 saturated carbocycles. The van der Waals surface area contributed by atoms with Gasteiger partial charge in [-0.05, 0) is 58.3 Å². The van der Waals surface area contributed by atoms with E-state index in [1.165, 1.54) is 43.4 Å². The van der Waals surface area contributed by atoms with E-state index < -0.39 is 0 Å². The van der Waals surface area contributed by atoms with Crippen LogP contribution >= 0.6 is 0 Å². The van der Waals surface area contributed by atoms with Crippen molar-refractivity contribution < 1.29 is 4.42 Å². The summed E-state index contributed by atoms with van der Waals surface area (Å²) in [6, 6.07) is 66.6. The minimum absolute atomic E-state index is 0.680. The Kier molecular flexibility index (Phi) is 6.60. The lowest BCUT2D eigenvalue weighted by Gasteiger charge is -2.15. The van der Waals surface area contributed by atoms with Crippen LogP contribution in [0.4, 0.5) is 0 Å². The number of benzene rings is 9. The summed E-state index contributed by atoms with van der Waals surface area (Å²) in [7, 11) is 0. The second-order valence-corrected chi connectivity index (χ2v) is 14.5. The fourth-order valence-corrected chi connectivity index (χ4v) is 8.90. The SMILES string of the molecule is c1ccc(-c2nc(-c3cccc4oc5cc(-c6ccc(-n7c8ccccc8c8ccc9ccccc9c87)c7ccccc67)ccc5c34)nc3ccccc23)cc1. The van der Waals surface area contributed by atoms with E-state index in [4.69, 9.17) is 14.4 Å². The maximum absolute atomic E-state index is 6.65. The van der Waals surface area contributed by atoms with E-state index in [9.17, 15) is 0 Å². The zero-order valence-corrected chi connectivity index (χ0v) is 30.1. The molecule has 0 saturated heterocycles. The standard InChI is InChI=1S/C52H31N3O/c1-2-14-33(15-3-1)50-41-20-8-10-22-44(41)53-52(54-50)43-21-12-24-47-49(43)42-28-26-34(31-48(42)56-47)35-29-30-46(38-18-7-6-17-37(35)38)55-45-23-11-9-19-39(45)40-27-25-32-13-4-5-16-36(32)51(40)55/h1-31H. The largest absolute Gasteiger partial charge is 0.456 e. The highest BCUT2D eigenvalue weighted by molar-refractivity contribution is 6.20. The third kappa shape index (κ3) is 4.53. The third-order valence-electron chi connectivity index (χ3n) is 11.4. The Labute approximate surface area is 321 Å². The van der Waals surface area contributed by atoms with Gasteiger partial charge in [0.15, 0.2) is 5.82 Å². The summed E-state index contributed by atoms with van der Waals surface area (Å²) < 4.78 is 9.11. The normalized spacial score (nSPS) is 11.9. The van der Waals surface area contributed by atoms with Gasteiger partial charge in [-0.25, -0.2) is 9.97 Å². The molecular weight excluding hydrogens is 683 g/mol. The van der Waals surface area contributed by atoms with Crippen LogP contribution in [0, 0.1) is 0 Å². The molecule has 0 amide bonds. The Bertz CT molecular complexity index is 3540. The second kappa shape index (κ2) is 12.0. The maximum Gasteiger partial charge on any atom is 0.161 e. The average Bonchev–Trinajstić information content (AvgIpc) is 3.82. The molecule has 0 bridgehead atoms. The molecule has 56 heavy (non-hydrogen) atoms. The van der Waals surface area contributed by atoms with Gasteiger partial charge in [0.25, 0.3) is 0 Å². The summed E-state index contributed by atoms with van der Waals surface area (Å²) in [6.45, 7) is 0. The highest BCUT2D eigenvalue weighted by Crippen LogP contribution is 2.43. The first-order valence-corrected chi connectivity index (χ1v) is 19.0. The first kappa shape index (κ1) is 30.9. The van der Waals surface area contributed by atoms with Crippen molar-refractivity contribution in [2.24, 2.45) is 0 Å². The topological polar surface area (TPSA) is 43.9 Å². The van der Waals surface area contributed by atoms with Crippen LogP contribution in [-0.2, 0) is 0 Å². The molecule has 12 rings (SSSR count). The molecule has 3 aromatic heterocycles. The summed E-state index contributed by atoms with van der Waals surface area (Å²) in [5.41, 5.74) is 11.3. The number of nitrogens with zero attached hydrogens (tertiary/aromatic N) is 3. The van der Waals surface area contributed by atoms with E-state index in [-0.39, 0.29) is 0 Å². The maximum atomic E-state index is 6.65. The summed E-state index contributed by atoms with van der Waals surface area (Å²) in [4.78, 5) is 10.3. The molecule has 3 heterocycles. The molecule has 0 aliphatic rings. The van der Waals surface area contributed by atoms with Crippen LogP contribution in [0.25, 0.3) is 116 Å². The highest BCUT2D eigenvalue weighted by atomic mass is 16.3. The van der Waals surface area contributed by atoms with E-state index in [2.05, 4.69) is 162 Å². The molecule has 0 N–H and O–H groups in total. The van der Waals surface area contributed by atoms with Crippen molar-refractivity contribution >= 4 is 76.2 Å². The summed E-state index contributed by atoms with van der Waals surface area (Å²) in [5.74, 6) is 0.680. The van der Waals surface area contributed by atoms with Crippen LogP contribution in [0.2, 0.25) is 0 Å². The van der Waals surface area contributed by atoms with Crippen LogP contribution in [-0.4, -0.2) is 14.5 Å². The van der Waals surface area contributed by atoms with E-state index in [0.29, 0.717) is 5.82 Å². The van der Waals surface area contributed by atoms with Gasteiger partial charge in [-0.15, -0.1) is 0 Å². The zero-order valence-electron chi connectivity index (χ0n) is 30.1. The van der Waals surface area contributed by atoms with Crippen molar-refractivity contribution in [1.82, 2.24) is 14.5 Å². The van der Waals surface area contributed by atoms with Crippen molar-refractivity contribution in [2.75, 3.05) is 0 Å². The number of fused-ring (bicyclic) bond motifs is 10. The zero-order chi connectivity index (χ0) is 36.7. The van der Waals surface area contributed by atoms with E-state index in [1.807, 2.05) is 30.3 Å². The Balaban J connectivity index is 1.04. The molecule has 0 spiro atoms. The average molecular weight is 714 g/mol. The van der Waals surface area contributed by atoms with Gasteiger partial charge in [-0.3, -0.25) is 0 Å². The van der Waals surface area contributed by atoms with Gasteiger partial charge >= 0.3 is 0 Å². The first-order chi connectivity index (χ1) is 27.8. The predicted octanol–water partition coefficient (Wildman–Crippen LogP) is 13.9. The second-order valence-electron chi connectivity index (χ2n) is 14.5. The van der Waals surface area contributed by atoms with Gasteiger partial charge in [0.1, 0.15) is 11.2 Å². The lowest BCUT2D eigenvalue weighted by molar-refractivity contribution is 0.669. The number of hydrogen-bond acceptors (Lipinski definition) is 3. The van der Waals surface area contributed by atoms with Crippen LogP contribution in [0.3, 0.4) is 0 Å².